The maximum Gasteiger partial charge on any atom is 0.226 e. The number of benzene rings is 1. The van der Waals surface area contributed by atoms with Gasteiger partial charge in [-0.15, -0.1) is 0 Å². The van der Waals surface area contributed by atoms with Crippen LogP contribution in [0.5, 0.6) is 0 Å². The van der Waals surface area contributed by atoms with E-state index in [0.717, 1.165) is 36.7 Å². The van der Waals surface area contributed by atoms with Crippen molar-refractivity contribution in [1.82, 2.24) is 19.9 Å². The Morgan fingerprint density at radius 1 is 1.00 bits per heavy atom. The van der Waals surface area contributed by atoms with Crippen molar-refractivity contribution in [3.63, 3.8) is 0 Å². The van der Waals surface area contributed by atoms with Gasteiger partial charge in [0.15, 0.2) is 0 Å². The molecule has 120 valence electrons. The number of hydrogen-bond acceptors (Lipinski definition) is 5. The highest BCUT2D eigenvalue weighted by molar-refractivity contribution is 5.54. The molecule has 2 aromatic heterocycles. The maximum atomic E-state index is 4.75. The number of aromatic nitrogens is 4. The van der Waals surface area contributed by atoms with Crippen LogP contribution in [0.2, 0.25) is 0 Å². The summed E-state index contributed by atoms with van der Waals surface area (Å²) < 4.78 is 0. The van der Waals surface area contributed by atoms with Gasteiger partial charge in [-0.1, -0.05) is 31.2 Å². The first-order chi connectivity index (χ1) is 11.8. The van der Waals surface area contributed by atoms with E-state index in [1.54, 1.807) is 24.8 Å². The largest absolute Gasteiger partial charge is 0.333 e. The van der Waals surface area contributed by atoms with Crippen LogP contribution in [0.3, 0.4) is 0 Å². The topological polar surface area (TPSA) is 54.8 Å². The molecule has 1 atom stereocenters. The third-order valence-corrected chi connectivity index (χ3v) is 4.55. The van der Waals surface area contributed by atoms with Gasteiger partial charge in [0, 0.05) is 31.2 Å². The number of fused-ring (bicyclic) bond motifs is 1. The molecule has 0 bridgehead atoms. The van der Waals surface area contributed by atoms with Crippen LogP contribution >= 0.6 is 0 Å². The summed E-state index contributed by atoms with van der Waals surface area (Å²) in [5.41, 5.74) is 4.37. The molecule has 5 nitrogen and oxygen atoms in total. The molecule has 3 aromatic rings. The van der Waals surface area contributed by atoms with E-state index in [1.807, 2.05) is 6.07 Å². The molecule has 3 heterocycles. The summed E-state index contributed by atoms with van der Waals surface area (Å²) >= 11 is 0. The standard InChI is InChI=1S/C19H19N5/c1-2-16-11-14-5-3-4-6-15(14)13-24(16)19-22-8-7-17(23-19)18-12-20-9-10-21-18/h3-10,12,16H,2,11,13H2,1H3. The first kappa shape index (κ1) is 14.8. The van der Waals surface area contributed by atoms with Crippen molar-refractivity contribution in [2.24, 2.45) is 0 Å². The molecule has 24 heavy (non-hydrogen) atoms. The molecule has 4 rings (SSSR count). The van der Waals surface area contributed by atoms with Crippen molar-refractivity contribution >= 4 is 5.95 Å². The highest BCUT2D eigenvalue weighted by Gasteiger charge is 2.26. The maximum absolute atomic E-state index is 4.75. The molecular weight excluding hydrogens is 298 g/mol. The fraction of sp³-hybridized carbons (Fsp3) is 0.263. The van der Waals surface area contributed by atoms with E-state index in [1.165, 1.54) is 11.1 Å². The molecule has 0 fully saturated rings. The van der Waals surface area contributed by atoms with Crippen molar-refractivity contribution < 1.29 is 0 Å². The summed E-state index contributed by atoms with van der Waals surface area (Å²) in [6.45, 7) is 3.07. The fourth-order valence-electron chi connectivity index (χ4n) is 3.25. The SMILES string of the molecule is CCC1Cc2ccccc2CN1c1nccc(-c2cnccn2)n1. The molecular formula is C19H19N5. The summed E-state index contributed by atoms with van der Waals surface area (Å²) in [7, 11) is 0. The van der Waals surface area contributed by atoms with Crippen LogP contribution in [0.25, 0.3) is 11.4 Å². The zero-order valence-corrected chi connectivity index (χ0v) is 13.6. The van der Waals surface area contributed by atoms with E-state index in [-0.39, 0.29) is 0 Å². The van der Waals surface area contributed by atoms with Gasteiger partial charge >= 0.3 is 0 Å². The van der Waals surface area contributed by atoms with Crippen molar-refractivity contribution in [2.75, 3.05) is 4.90 Å². The van der Waals surface area contributed by atoms with Gasteiger partial charge in [-0.05, 0) is 30.0 Å². The van der Waals surface area contributed by atoms with Crippen LogP contribution < -0.4 is 4.90 Å². The van der Waals surface area contributed by atoms with Gasteiger partial charge in [0.25, 0.3) is 0 Å². The molecule has 0 aliphatic carbocycles. The van der Waals surface area contributed by atoms with Gasteiger partial charge in [0.2, 0.25) is 5.95 Å². The lowest BCUT2D eigenvalue weighted by Gasteiger charge is -2.36. The summed E-state index contributed by atoms with van der Waals surface area (Å²) in [6.07, 6.45) is 8.98. The Labute approximate surface area is 141 Å². The second kappa shape index (κ2) is 6.35. The van der Waals surface area contributed by atoms with E-state index in [4.69, 9.17) is 4.98 Å². The molecule has 0 saturated carbocycles. The number of hydrogen-bond donors (Lipinski definition) is 0. The van der Waals surface area contributed by atoms with Crippen LogP contribution in [-0.2, 0) is 13.0 Å². The highest BCUT2D eigenvalue weighted by Crippen LogP contribution is 2.28. The first-order valence-electron chi connectivity index (χ1n) is 8.28. The molecule has 0 saturated heterocycles. The predicted molar refractivity (Wildman–Crippen MR) is 93.5 cm³/mol. The molecule has 1 aliphatic heterocycles. The average Bonchev–Trinajstić information content (AvgIpc) is 2.67. The normalized spacial score (nSPS) is 16.7. The van der Waals surface area contributed by atoms with Crippen LogP contribution in [0, 0.1) is 0 Å². The number of nitrogens with zero attached hydrogens (tertiary/aromatic N) is 5. The molecule has 1 unspecified atom stereocenters. The zero-order valence-electron chi connectivity index (χ0n) is 13.6. The molecule has 0 spiro atoms. The van der Waals surface area contributed by atoms with Crippen LogP contribution in [0.1, 0.15) is 24.5 Å². The highest BCUT2D eigenvalue weighted by atomic mass is 15.3. The van der Waals surface area contributed by atoms with E-state index in [2.05, 4.69) is 51.0 Å². The smallest absolute Gasteiger partial charge is 0.226 e. The Hall–Kier alpha value is -2.82. The quantitative estimate of drug-likeness (QED) is 0.742. The van der Waals surface area contributed by atoms with Crippen molar-refractivity contribution in [3.05, 3.63) is 66.2 Å². The number of rotatable bonds is 3. The lowest BCUT2D eigenvalue weighted by molar-refractivity contribution is 0.528. The fourth-order valence-corrected chi connectivity index (χ4v) is 3.25. The molecule has 5 heteroatoms. The average molecular weight is 317 g/mol. The third kappa shape index (κ3) is 2.73. The summed E-state index contributed by atoms with van der Waals surface area (Å²) in [6, 6.07) is 10.9. The summed E-state index contributed by atoms with van der Waals surface area (Å²) in [4.78, 5) is 20.1. The van der Waals surface area contributed by atoms with E-state index in [0.29, 0.717) is 6.04 Å². The van der Waals surface area contributed by atoms with Gasteiger partial charge in [0.05, 0.1) is 11.9 Å². The minimum Gasteiger partial charge on any atom is -0.333 e. The van der Waals surface area contributed by atoms with Gasteiger partial charge in [-0.2, -0.15) is 0 Å². The van der Waals surface area contributed by atoms with Gasteiger partial charge < -0.3 is 4.90 Å². The van der Waals surface area contributed by atoms with Crippen molar-refractivity contribution in [2.45, 2.75) is 32.4 Å². The van der Waals surface area contributed by atoms with Crippen LogP contribution in [0.4, 0.5) is 5.95 Å². The molecule has 0 amide bonds. The Bertz CT molecular complexity index is 834. The summed E-state index contributed by atoms with van der Waals surface area (Å²) in [5, 5.41) is 0. The van der Waals surface area contributed by atoms with Crippen molar-refractivity contribution in [3.8, 4) is 11.4 Å². The Balaban J connectivity index is 1.70. The van der Waals surface area contributed by atoms with Crippen LogP contribution in [-0.4, -0.2) is 26.0 Å². The predicted octanol–water partition coefficient (Wildman–Crippen LogP) is 3.27. The lowest BCUT2D eigenvalue weighted by Crippen LogP contribution is -2.41. The Kier molecular flexibility index (Phi) is 3.91. The second-order valence-corrected chi connectivity index (χ2v) is 6.00. The van der Waals surface area contributed by atoms with Gasteiger partial charge in [0.1, 0.15) is 5.69 Å². The Morgan fingerprint density at radius 3 is 2.67 bits per heavy atom. The van der Waals surface area contributed by atoms with Crippen molar-refractivity contribution in [1.29, 1.82) is 0 Å². The third-order valence-electron chi connectivity index (χ3n) is 4.55. The minimum absolute atomic E-state index is 0.414. The second-order valence-electron chi connectivity index (χ2n) is 6.00. The van der Waals surface area contributed by atoms with E-state index >= 15 is 0 Å². The van der Waals surface area contributed by atoms with Gasteiger partial charge in [-0.25, -0.2) is 9.97 Å². The zero-order chi connectivity index (χ0) is 16.4. The first-order valence-corrected chi connectivity index (χ1v) is 8.28. The van der Waals surface area contributed by atoms with E-state index in [9.17, 15) is 0 Å². The molecule has 0 N–H and O–H groups in total. The molecule has 0 radical (unpaired) electrons. The summed E-state index contributed by atoms with van der Waals surface area (Å²) in [5.74, 6) is 0.763. The van der Waals surface area contributed by atoms with Gasteiger partial charge in [-0.3, -0.25) is 9.97 Å². The Morgan fingerprint density at radius 2 is 1.88 bits per heavy atom. The molecule has 1 aliphatic rings. The van der Waals surface area contributed by atoms with Crippen LogP contribution in [0.15, 0.2) is 55.1 Å². The van der Waals surface area contributed by atoms with E-state index < -0.39 is 0 Å². The number of anilines is 1. The molecule has 1 aromatic carbocycles. The minimum atomic E-state index is 0.414. The monoisotopic (exact) mass is 317 g/mol. The lowest BCUT2D eigenvalue weighted by atomic mass is 9.93.